The SMILES string of the molecule is CCC(CC)N1CCN(C(=O)C23CC2c2cc(OC)ccc2-c2c(C4CCCCC4)c4ccc(C(=O)NS(=O)(=O)N(C)C)cc4n2C3)CC1. The lowest BCUT2D eigenvalue weighted by Gasteiger charge is -2.40. The van der Waals surface area contributed by atoms with Crippen LogP contribution in [0.4, 0.5) is 0 Å². The Hall–Kier alpha value is -3.41. The fourth-order valence-electron chi connectivity index (χ4n) is 9.10. The van der Waals surface area contributed by atoms with Gasteiger partial charge in [-0.05, 0) is 79.5 Å². The number of nitrogens with one attached hydrogen (secondary N) is 1. The monoisotopic (exact) mass is 689 g/mol. The molecule has 3 fully saturated rings. The Kier molecular flexibility index (Phi) is 9.07. The first-order chi connectivity index (χ1) is 23.5. The van der Waals surface area contributed by atoms with Crippen molar-refractivity contribution in [2.45, 2.75) is 89.6 Å². The van der Waals surface area contributed by atoms with Crippen LogP contribution in [0.5, 0.6) is 5.75 Å². The van der Waals surface area contributed by atoms with Crippen LogP contribution in [0.2, 0.25) is 0 Å². The molecule has 11 heteroatoms. The largest absolute Gasteiger partial charge is 0.497 e. The first-order valence-corrected chi connectivity index (χ1v) is 19.6. The van der Waals surface area contributed by atoms with Crippen molar-refractivity contribution in [1.29, 1.82) is 0 Å². The van der Waals surface area contributed by atoms with E-state index in [-0.39, 0.29) is 17.4 Å². The van der Waals surface area contributed by atoms with Gasteiger partial charge in [-0.2, -0.15) is 12.7 Å². The van der Waals surface area contributed by atoms with E-state index in [1.165, 1.54) is 38.9 Å². The molecule has 0 radical (unpaired) electrons. The average Bonchev–Trinajstić information content (AvgIpc) is 3.78. The van der Waals surface area contributed by atoms with E-state index in [1.807, 2.05) is 18.2 Å². The van der Waals surface area contributed by atoms with Crippen molar-refractivity contribution in [2.75, 3.05) is 47.4 Å². The molecular formula is C38H51N5O5S. The topological polar surface area (TPSA) is 104 Å². The number of amides is 2. The van der Waals surface area contributed by atoms with Gasteiger partial charge < -0.3 is 14.2 Å². The second kappa shape index (κ2) is 13.0. The highest BCUT2D eigenvalue weighted by Gasteiger charge is 2.64. The molecule has 2 amide bonds. The molecule has 10 nitrogen and oxygen atoms in total. The van der Waals surface area contributed by atoms with Crippen LogP contribution in [0.25, 0.3) is 22.2 Å². The second-order valence-corrected chi connectivity index (χ2v) is 16.7. The molecule has 2 unspecified atom stereocenters. The van der Waals surface area contributed by atoms with Crippen LogP contribution in [0, 0.1) is 5.41 Å². The Labute approximate surface area is 290 Å². The smallest absolute Gasteiger partial charge is 0.303 e. The lowest BCUT2D eigenvalue weighted by molar-refractivity contribution is -0.140. The van der Waals surface area contributed by atoms with Crippen molar-refractivity contribution >= 4 is 32.9 Å². The predicted octanol–water partition coefficient (Wildman–Crippen LogP) is 5.72. The Bertz CT molecular complexity index is 1870. The number of rotatable bonds is 9. The van der Waals surface area contributed by atoms with Crippen molar-refractivity contribution in [3.63, 3.8) is 0 Å². The van der Waals surface area contributed by atoms with Gasteiger partial charge in [0.1, 0.15) is 5.75 Å². The van der Waals surface area contributed by atoms with Crippen LogP contribution in [0.15, 0.2) is 36.4 Å². The summed E-state index contributed by atoms with van der Waals surface area (Å²) in [5.74, 6) is 0.754. The number of benzene rings is 2. The van der Waals surface area contributed by atoms with Crippen molar-refractivity contribution in [3.8, 4) is 17.0 Å². The van der Waals surface area contributed by atoms with Gasteiger partial charge in [-0.15, -0.1) is 0 Å². The van der Waals surface area contributed by atoms with Crippen LogP contribution in [0.1, 0.15) is 98.5 Å². The minimum absolute atomic E-state index is 0.0630. The summed E-state index contributed by atoms with van der Waals surface area (Å²) in [5, 5.41) is 1.08. The van der Waals surface area contributed by atoms with Gasteiger partial charge in [-0.3, -0.25) is 14.5 Å². The van der Waals surface area contributed by atoms with Gasteiger partial charge in [0.05, 0.1) is 18.2 Å². The minimum Gasteiger partial charge on any atom is -0.497 e. The molecule has 49 heavy (non-hydrogen) atoms. The molecule has 264 valence electrons. The van der Waals surface area contributed by atoms with Crippen LogP contribution in [-0.4, -0.2) is 92.3 Å². The van der Waals surface area contributed by atoms with E-state index in [0.29, 0.717) is 18.5 Å². The van der Waals surface area contributed by atoms with Gasteiger partial charge >= 0.3 is 10.2 Å². The van der Waals surface area contributed by atoms with E-state index >= 15 is 0 Å². The zero-order valence-electron chi connectivity index (χ0n) is 29.6. The molecule has 2 aromatic carbocycles. The quantitative estimate of drug-likeness (QED) is 0.308. The molecule has 0 spiro atoms. The van der Waals surface area contributed by atoms with Crippen LogP contribution in [-0.2, 0) is 21.5 Å². The van der Waals surface area contributed by atoms with Crippen molar-refractivity contribution in [1.82, 2.24) is 23.4 Å². The van der Waals surface area contributed by atoms with E-state index in [0.717, 1.165) is 96.1 Å². The Morgan fingerprint density at radius 3 is 2.37 bits per heavy atom. The van der Waals surface area contributed by atoms with Gasteiger partial charge in [0.15, 0.2) is 0 Å². The highest BCUT2D eigenvalue weighted by Crippen LogP contribution is 2.66. The second-order valence-electron chi connectivity index (χ2n) is 14.8. The normalized spacial score (nSPS) is 22.8. The number of nitrogens with zero attached hydrogens (tertiary/aromatic N) is 4. The molecule has 4 aliphatic rings. The summed E-state index contributed by atoms with van der Waals surface area (Å²) in [6.45, 7) is 8.24. The number of carbonyl (C=O) groups is 2. The summed E-state index contributed by atoms with van der Waals surface area (Å²) in [6.07, 6.45) is 8.74. The Morgan fingerprint density at radius 1 is 1.00 bits per heavy atom. The van der Waals surface area contributed by atoms with Gasteiger partial charge in [0.2, 0.25) is 5.91 Å². The maximum Gasteiger partial charge on any atom is 0.303 e. The van der Waals surface area contributed by atoms with Gasteiger partial charge in [0, 0.05) is 80.8 Å². The number of ether oxygens (including phenoxy) is 1. The molecule has 2 saturated carbocycles. The third-order valence-corrected chi connectivity index (χ3v) is 13.4. The number of fused-ring (bicyclic) bond motifs is 7. The predicted molar refractivity (Wildman–Crippen MR) is 192 cm³/mol. The summed E-state index contributed by atoms with van der Waals surface area (Å²) in [7, 11) is 0.507. The number of hydrogen-bond acceptors (Lipinski definition) is 6. The molecule has 0 bridgehead atoms. The highest BCUT2D eigenvalue weighted by molar-refractivity contribution is 7.87. The van der Waals surface area contributed by atoms with Crippen LogP contribution >= 0.6 is 0 Å². The summed E-state index contributed by atoms with van der Waals surface area (Å²) in [6, 6.07) is 12.4. The van der Waals surface area contributed by atoms with Gasteiger partial charge in [-0.1, -0.05) is 39.2 Å². The number of piperazine rings is 1. The highest BCUT2D eigenvalue weighted by atomic mass is 32.2. The molecule has 7 rings (SSSR count). The molecule has 3 aromatic rings. The fourth-order valence-corrected chi connectivity index (χ4v) is 9.63. The average molecular weight is 690 g/mol. The Morgan fingerprint density at radius 2 is 1.71 bits per heavy atom. The molecule has 2 aliphatic heterocycles. The maximum atomic E-state index is 14.8. The lowest BCUT2D eigenvalue weighted by Crippen LogP contribution is -2.53. The molecule has 3 heterocycles. The third kappa shape index (κ3) is 5.85. The molecule has 1 aromatic heterocycles. The van der Waals surface area contributed by atoms with Crippen LogP contribution < -0.4 is 9.46 Å². The molecule has 1 N–H and O–H groups in total. The summed E-state index contributed by atoms with van der Waals surface area (Å²) in [4.78, 5) is 32.8. The summed E-state index contributed by atoms with van der Waals surface area (Å²) < 4.78 is 36.4. The first kappa shape index (κ1) is 34.1. The fraction of sp³-hybridized carbons (Fsp3) is 0.579. The lowest BCUT2D eigenvalue weighted by atomic mass is 9.81. The zero-order valence-corrected chi connectivity index (χ0v) is 30.4. The standard InChI is InChI=1S/C38H51N5O5S/c1-6-27(7-2)41-17-19-42(20-18-41)37(45)38-23-32(38)31-22-28(48-5)14-16-29(31)35-34(25-11-9-8-10-12-25)30-15-13-26(21-33(30)43(35)24-38)36(44)39-49(46,47)40(3)4/h13-16,21-22,25,27,32H,6-12,17-20,23-24H2,1-5H3,(H,39,44). The number of methoxy groups -OCH3 is 1. The van der Waals surface area contributed by atoms with Crippen molar-refractivity contribution in [3.05, 3.63) is 53.1 Å². The number of hydrogen-bond donors (Lipinski definition) is 1. The number of carbonyl (C=O) groups excluding carboxylic acids is 2. The maximum absolute atomic E-state index is 14.8. The summed E-state index contributed by atoms with van der Waals surface area (Å²) >= 11 is 0. The third-order valence-electron chi connectivity index (χ3n) is 12.0. The van der Waals surface area contributed by atoms with Gasteiger partial charge in [0.25, 0.3) is 5.91 Å². The number of aromatic nitrogens is 1. The van der Waals surface area contributed by atoms with E-state index < -0.39 is 21.5 Å². The minimum atomic E-state index is -3.97. The van der Waals surface area contributed by atoms with Crippen molar-refractivity contribution < 1.29 is 22.7 Å². The zero-order chi connectivity index (χ0) is 34.7. The van der Waals surface area contributed by atoms with E-state index in [9.17, 15) is 18.0 Å². The Balaban J connectivity index is 1.36. The van der Waals surface area contributed by atoms with E-state index in [2.05, 4.69) is 45.1 Å². The molecule has 2 atom stereocenters. The first-order valence-electron chi connectivity index (χ1n) is 18.1. The van der Waals surface area contributed by atoms with Crippen molar-refractivity contribution in [2.24, 2.45) is 5.41 Å². The molecule has 1 saturated heterocycles. The molecule has 2 aliphatic carbocycles. The van der Waals surface area contributed by atoms with Gasteiger partial charge in [-0.25, -0.2) is 4.72 Å². The van der Waals surface area contributed by atoms with Crippen LogP contribution in [0.3, 0.4) is 0 Å². The van der Waals surface area contributed by atoms with E-state index in [4.69, 9.17) is 4.74 Å². The molecular weight excluding hydrogens is 639 g/mol. The van der Waals surface area contributed by atoms with E-state index in [1.54, 1.807) is 13.2 Å². The summed E-state index contributed by atoms with van der Waals surface area (Å²) in [5.41, 5.74) is 5.27.